The van der Waals surface area contributed by atoms with Gasteiger partial charge in [0.05, 0.1) is 0 Å². The largest absolute Gasteiger partial charge is 0.489 e. The first-order valence-electron chi connectivity index (χ1n) is 11.5. The van der Waals surface area contributed by atoms with Crippen LogP contribution in [0.1, 0.15) is 34.0 Å². The van der Waals surface area contributed by atoms with Crippen LogP contribution in [-0.4, -0.2) is 21.7 Å². The summed E-state index contributed by atoms with van der Waals surface area (Å²) in [6, 6.07) is 24.4. The number of nitrogens with one attached hydrogen (secondary N) is 1. The highest BCUT2D eigenvalue weighted by molar-refractivity contribution is 5.95. The van der Waals surface area contributed by atoms with Gasteiger partial charge in [0.2, 0.25) is 5.91 Å². The predicted molar refractivity (Wildman–Crippen MR) is 136 cm³/mol. The summed E-state index contributed by atoms with van der Waals surface area (Å²) in [7, 11) is 0. The molecular weight excluding hydrogens is 457 g/mol. The molecule has 2 amide bonds. The number of pyridine rings is 1. The summed E-state index contributed by atoms with van der Waals surface area (Å²) < 4.78 is 19.1. The molecule has 4 aromatic rings. The van der Waals surface area contributed by atoms with Gasteiger partial charge < -0.3 is 15.0 Å². The number of benzene rings is 3. The number of aromatic nitrogens is 1. The summed E-state index contributed by atoms with van der Waals surface area (Å²) in [6.45, 7) is 2.50. The van der Waals surface area contributed by atoms with E-state index in [1.165, 1.54) is 19.1 Å². The van der Waals surface area contributed by atoms with Crippen molar-refractivity contribution in [1.29, 1.82) is 0 Å². The standard InChI is InChI=1S/C29H26FN3O3/c1-21(34)32-27-9-7-25(8-10-27)29(35)33(19-23-13-15-31-16-14-23)18-22-5-11-28(12-6-22)36-20-24-3-2-4-26(30)17-24/h2-17H,18-20H2,1H3,(H,32,34). The van der Waals surface area contributed by atoms with Crippen LogP contribution in [0.5, 0.6) is 5.75 Å². The maximum atomic E-state index is 13.4. The fraction of sp³-hybridized carbons (Fsp3) is 0.138. The first-order chi connectivity index (χ1) is 17.5. The number of rotatable bonds is 9. The summed E-state index contributed by atoms with van der Waals surface area (Å²) in [4.78, 5) is 30.5. The number of amides is 2. The molecule has 36 heavy (non-hydrogen) atoms. The Morgan fingerprint density at radius 3 is 2.17 bits per heavy atom. The van der Waals surface area contributed by atoms with Crippen molar-refractivity contribution in [2.75, 3.05) is 5.32 Å². The zero-order chi connectivity index (χ0) is 25.3. The van der Waals surface area contributed by atoms with Gasteiger partial charge in [0.15, 0.2) is 0 Å². The van der Waals surface area contributed by atoms with E-state index in [4.69, 9.17) is 4.74 Å². The van der Waals surface area contributed by atoms with E-state index >= 15 is 0 Å². The van der Waals surface area contributed by atoms with Gasteiger partial charge in [-0.25, -0.2) is 4.39 Å². The van der Waals surface area contributed by atoms with Crippen LogP contribution in [0.2, 0.25) is 0 Å². The summed E-state index contributed by atoms with van der Waals surface area (Å²) in [5.41, 5.74) is 3.80. The lowest BCUT2D eigenvalue weighted by Gasteiger charge is -2.23. The van der Waals surface area contributed by atoms with Crippen LogP contribution >= 0.6 is 0 Å². The highest BCUT2D eigenvalue weighted by atomic mass is 19.1. The summed E-state index contributed by atoms with van der Waals surface area (Å²) in [6.07, 6.45) is 3.40. The Bertz CT molecular complexity index is 1310. The third-order valence-electron chi connectivity index (χ3n) is 5.45. The Labute approximate surface area is 209 Å². The molecule has 0 aliphatic rings. The summed E-state index contributed by atoms with van der Waals surface area (Å²) >= 11 is 0. The normalized spacial score (nSPS) is 10.5. The van der Waals surface area contributed by atoms with E-state index in [1.54, 1.807) is 47.6 Å². The molecule has 0 spiro atoms. The topological polar surface area (TPSA) is 71.5 Å². The van der Waals surface area contributed by atoms with E-state index in [0.29, 0.717) is 30.1 Å². The lowest BCUT2D eigenvalue weighted by atomic mass is 10.1. The molecule has 0 saturated carbocycles. The quantitative estimate of drug-likeness (QED) is 0.336. The molecule has 0 saturated heterocycles. The first kappa shape index (κ1) is 24.6. The van der Waals surface area contributed by atoms with Gasteiger partial charge in [-0.3, -0.25) is 14.6 Å². The van der Waals surface area contributed by atoms with Crippen LogP contribution in [0.3, 0.4) is 0 Å². The molecule has 1 N–H and O–H groups in total. The number of nitrogens with zero attached hydrogens (tertiary/aromatic N) is 2. The van der Waals surface area contributed by atoms with Gasteiger partial charge in [-0.1, -0.05) is 24.3 Å². The van der Waals surface area contributed by atoms with Crippen molar-refractivity contribution in [3.05, 3.63) is 125 Å². The number of anilines is 1. The maximum absolute atomic E-state index is 13.4. The van der Waals surface area contributed by atoms with Crippen LogP contribution < -0.4 is 10.1 Å². The number of ether oxygens (including phenoxy) is 1. The van der Waals surface area contributed by atoms with Crippen molar-refractivity contribution in [2.24, 2.45) is 0 Å². The Kier molecular flexibility index (Phi) is 8.03. The van der Waals surface area contributed by atoms with Crippen LogP contribution in [0, 0.1) is 5.82 Å². The van der Waals surface area contributed by atoms with Gasteiger partial charge in [0, 0.05) is 43.7 Å². The molecule has 1 heterocycles. The molecular formula is C29H26FN3O3. The molecule has 0 atom stereocenters. The van der Waals surface area contributed by atoms with Crippen LogP contribution in [0.15, 0.2) is 97.3 Å². The highest BCUT2D eigenvalue weighted by Crippen LogP contribution is 2.19. The number of hydrogen-bond acceptors (Lipinski definition) is 4. The van der Waals surface area contributed by atoms with E-state index in [2.05, 4.69) is 10.3 Å². The zero-order valence-corrected chi connectivity index (χ0v) is 19.9. The average molecular weight is 484 g/mol. The SMILES string of the molecule is CC(=O)Nc1ccc(C(=O)N(Cc2ccncc2)Cc2ccc(OCc3cccc(F)c3)cc2)cc1. The van der Waals surface area contributed by atoms with Gasteiger partial charge in [-0.15, -0.1) is 0 Å². The van der Waals surface area contributed by atoms with E-state index < -0.39 is 0 Å². The van der Waals surface area contributed by atoms with Crippen molar-refractivity contribution in [1.82, 2.24) is 9.88 Å². The second-order valence-electron chi connectivity index (χ2n) is 8.34. The Hall–Kier alpha value is -4.52. The van der Waals surface area contributed by atoms with Crippen molar-refractivity contribution < 1.29 is 18.7 Å². The van der Waals surface area contributed by atoms with Crippen molar-refractivity contribution in [3.63, 3.8) is 0 Å². The minimum Gasteiger partial charge on any atom is -0.489 e. The number of carbonyl (C=O) groups is 2. The predicted octanol–water partition coefficient (Wildman–Crippen LogP) is 5.60. The van der Waals surface area contributed by atoms with Gasteiger partial charge in [-0.2, -0.15) is 0 Å². The van der Waals surface area contributed by atoms with Crippen molar-refractivity contribution in [2.45, 2.75) is 26.6 Å². The minimum absolute atomic E-state index is 0.132. The maximum Gasteiger partial charge on any atom is 0.254 e. The Balaban J connectivity index is 1.47. The van der Waals surface area contributed by atoms with E-state index in [9.17, 15) is 14.0 Å². The fourth-order valence-electron chi connectivity index (χ4n) is 3.69. The van der Waals surface area contributed by atoms with E-state index in [1.807, 2.05) is 42.5 Å². The van der Waals surface area contributed by atoms with Crippen LogP contribution in [0.25, 0.3) is 0 Å². The third-order valence-corrected chi connectivity index (χ3v) is 5.45. The molecule has 6 nitrogen and oxygen atoms in total. The molecule has 0 bridgehead atoms. The summed E-state index contributed by atoms with van der Waals surface area (Å²) in [5.74, 6) is 0.0584. The lowest BCUT2D eigenvalue weighted by molar-refractivity contribution is -0.114. The summed E-state index contributed by atoms with van der Waals surface area (Å²) in [5, 5.41) is 2.71. The van der Waals surface area contributed by atoms with Crippen molar-refractivity contribution in [3.8, 4) is 5.75 Å². The monoisotopic (exact) mass is 483 g/mol. The molecule has 0 unspecified atom stereocenters. The average Bonchev–Trinajstić information content (AvgIpc) is 2.88. The molecule has 0 aliphatic heterocycles. The van der Waals surface area contributed by atoms with E-state index in [-0.39, 0.29) is 24.2 Å². The molecule has 0 aliphatic carbocycles. The van der Waals surface area contributed by atoms with E-state index in [0.717, 1.165) is 16.7 Å². The van der Waals surface area contributed by atoms with Crippen molar-refractivity contribution >= 4 is 17.5 Å². The molecule has 0 radical (unpaired) electrons. The number of halogens is 1. The lowest BCUT2D eigenvalue weighted by Crippen LogP contribution is -2.30. The third kappa shape index (κ3) is 6.99. The molecule has 3 aromatic carbocycles. The number of hydrogen-bond donors (Lipinski definition) is 1. The van der Waals surface area contributed by atoms with Crippen LogP contribution in [-0.2, 0) is 24.5 Å². The zero-order valence-electron chi connectivity index (χ0n) is 19.9. The highest BCUT2D eigenvalue weighted by Gasteiger charge is 2.17. The van der Waals surface area contributed by atoms with Crippen LogP contribution in [0.4, 0.5) is 10.1 Å². The molecule has 0 fully saturated rings. The first-order valence-corrected chi connectivity index (χ1v) is 11.5. The second kappa shape index (κ2) is 11.8. The van der Waals surface area contributed by atoms with Gasteiger partial charge in [0.1, 0.15) is 18.2 Å². The molecule has 4 rings (SSSR count). The molecule has 7 heteroatoms. The Morgan fingerprint density at radius 1 is 0.861 bits per heavy atom. The molecule has 1 aromatic heterocycles. The van der Waals surface area contributed by atoms with Gasteiger partial charge >= 0.3 is 0 Å². The van der Waals surface area contributed by atoms with Gasteiger partial charge in [-0.05, 0) is 77.4 Å². The number of carbonyl (C=O) groups excluding carboxylic acids is 2. The fourth-order valence-corrected chi connectivity index (χ4v) is 3.69. The second-order valence-corrected chi connectivity index (χ2v) is 8.34. The minimum atomic E-state index is -0.296. The van der Waals surface area contributed by atoms with Gasteiger partial charge in [0.25, 0.3) is 5.91 Å². The smallest absolute Gasteiger partial charge is 0.254 e. The molecule has 182 valence electrons. The Morgan fingerprint density at radius 2 is 1.53 bits per heavy atom.